The summed E-state index contributed by atoms with van der Waals surface area (Å²) in [5.41, 5.74) is 0.0207. The van der Waals surface area contributed by atoms with Crippen molar-refractivity contribution in [2.24, 2.45) is 0 Å². The lowest BCUT2D eigenvalue weighted by molar-refractivity contribution is -0.0303. The first-order valence-corrected chi connectivity index (χ1v) is 6.33. The Morgan fingerprint density at radius 3 is 2.76 bits per heavy atom. The second-order valence-corrected chi connectivity index (χ2v) is 5.24. The Morgan fingerprint density at radius 1 is 1.47 bits per heavy atom. The third kappa shape index (κ3) is 5.49. The van der Waals surface area contributed by atoms with Crippen LogP contribution in [0.5, 0.6) is 0 Å². The molecule has 1 saturated heterocycles. The fraction of sp³-hybridized carbons (Fsp3) is 0.923. The maximum absolute atomic E-state index is 8.65. The molecule has 1 heterocycles. The molecule has 0 bridgehead atoms. The van der Waals surface area contributed by atoms with E-state index in [0.717, 1.165) is 32.5 Å². The van der Waals surface area contributed by atoms with E-state index in [1.54, 1.807) is 7.11 Å². The predicted octanol–water partition coefficient (Wildman–Crippen LogP) is 1.81. The van der Waals surface area contributed by atoms with E-state index in [1.807, 2.05) is 0 Å². The summed E-state index contributed by atoms with van der Waals surface area (Å²) in [7, 11) is 1.71. The van der Waals surface area contributed by atoms with Gasteiger partial charge in [-0.05, 0) is 26.7 Å². The first-order chi connectivity index (χ1) is 8.07. The molecule has 1 fully saturated rings. The van der Waals surface area contributed by atoms with E-state index >= 15 is 0 Å². The molecule has 1 atom stereocenters. The molecule has 0 aromatic rings. The zero-order chi connectivity index (χ0) is 12.7. The van der Waals surface area contributed by atoms with Crippen molar-refractivity contribution in [2.45, 2.75) is 44.8 Å². The lowest BCUT2D eigenvalue weighted by Crippen LogP contribution is -2.36. The van der Waals surface area contributed by atoms with Crippen LogP contribution in [0.25, 0.3) is 0 Å². The molecule has 1 rings (SSSR count). The van der Waals surface area contributed by atoms with E-state index in [-0.39, 0.29) is 5.60 Å². The number of ether oxygens (including phenoxy) is 2. The van der Waals surface area contributed by atoms with Crippen LogP contribution in [0.4, 0.5) is 0 Å². The predicted molar refractivity (Wildman–Crippen MR) is 66.7 cm³/mol. The van der Waals surface area contributed by atoms with Gasteiger partial charge in [-0.3, -0.25) is 4.90 Å². The van der Waals surface area contributed by atoms with Crippen LogP contribution in [0.3, 0.4) is 0 Å². The van der Waals surface area contributed by atoms with Crippen LogP contribution in [0.1, 0.15) is 33.1 Å². The summed E-state index contributed by atoms with van der Waals surface area (Å²) in [5, 5.41) is 8.65. The highest BCUT2D eigenvalue weighted by atomic mass is 16.5. The van der Waals surface area contributed by atoms with E-state index in [4.69, 9.17) is 14.7 Å². The molecule has 0 aliphatic carbocycles. The first kappa shape index (κ1) is 14.4. The second-order valence-electron chi connectivity index (χ2n) is 5.24. The summed E-state index contributed by atoms with van der Waals surface area (Å²) in [6.07, 6.45) is 3.11. The van der Waals surface area contributed by atoms with Crippen LogP contribution in [0.15, 0.2) is 0 Å². The molecular weight excluding hydrogens is 216 g/mol. The van der Waals surface area contributed by atoms with Gasteiger partial charge in [0, 0.05) is 33.2 Å². The Labute approximate surface area is 104 Å². The Kier molecular flexibility index (Phi) is 5.90. The highest BCUT2D eigenvalue weighted by Crippen LogP contribution is 2.29. The minimum absolute atomic E-state index is 0.0207. The lowest BCUT2D eigenvalue weighted by Gasteiger charge is -2.26. The summed E-state index contributed by atoms with van der Waals surface area (Å²) in [6.45, 7) is 7.58. The van der Waals surface area contributed by atoms with Gasteiger partial charge in [-0.1, -0.05) is 0 Å². The van der Waals surface area contributed by atoms with Crippen molar-refractivity contribution in [1.82, 2.24) is 4.90 Å². The molecule has 0 aromatic carbocycles. The van der Waals surface area contributed by atoms with Gasteiger partial charge in [-0.25, -0.2) is 0 Å². The van der Waals surface area contributed by atoms with Gasteiger partial charge in [0.2, 0.25) is 0 Å². The molecule has 0 N–H and O–H groups in total. The number of nitrogens with zero attached hydrogens (tertiary/aromatic N) is 2. The molecule has 0 aromatic heterocycles. The summed E-state index contributed by atoms with van der Waals surface area (Å²) >= 11 is 0. The van der Waals surface area contributed by atoms with Crippen LogP contribution < -0.4 is 0 Å². The number of hydrogen-bond donors (Lipinski definition) is 0. The quantitative estimate of drug-likeness (QED) is 0.681. The third-order valence-electron chi connectivity index (χ3n) is 3.17. The van der Waals surface area contributed by atoms with Crippen LogP contribution in [0.2, 0.25) is 0 Å². The molecule has 4 nitrogen and oxygen atoms in total. The van der Waals surface area contributed by atoms with Gasteiger partial charge in [-0.15, -0.1) is 0 Å². The van der Waals surface area contributed by atoms with Gasteiger partial charge in [0.1, 0.15) is 0 Å². The van der Waals surface area contributed by atoms with E-state index in [2.05, 4.69) is 24.8 Å². The maximum atomic E-state index is 8.65. The molecule has 17 heavy (non-hydrogen) atoms. The lowest BCUT2D eigenvalue weighted by atomic mass is 10.1. The molecule has 0 radical (unpaired) electrons. The van der Waals surface area contributed by atoms with Crippen molar-refractivity contribution in [3.63, 3.8) is 0 Å². The molecule has 98 valence electrons. The Hall–Kier alpha value is -0.630. The smallest absolute Gasteiger partial charge is 0.0710 e. The van der Waals surface area contributed by atoms with Gasteiger partial charge >= 0.3 is 0 Å². The highest BCUT2D eigenvalue weighted by Gasteiger charge is 2.32. The minimum Gasteiger partial charge on any atom is -0.383 e. The van der Waals surface area contributed by atoms with Crippen molar-refractivity contribution in [3.8, 4) is 6.07 Å². The van der Waals surface area contributed by atoms with Crippen LogP contribution in [-0.4, -0.2) is 50.0 Å². The molecule has 1 aliphatic heterocycles. The van der Waals surface area contributed by atoms with E-state index in [1.165, 1.54) is 0 Å². The molecule has 1 aliphatic rings. The number of hydrogen-bond acceptors (Lipinski definition) is 4. The molecule has 1 unspecified atom stereocenters. The second kappa shape index (κ2) is 6.95. The van der Waals surface area contributed by atoms with Crippen molar-refractivity contribution >= 4 is 0 Å². The van der Waals surface area contributed by atoms with E-state index in [0.29, 0.717) is 19.1 Å². The molecule has 4 heteroatoms. The number of methoxy groups -OCH3 is 1. The fourth-order valence-corrected chi connectivity index (χ4v) is 2.22. The number of nitriles is 1. The molecular formula is C13H24N2O2. The summed E-state index contributed by atoms with van der Waals surface area (Å²) in [6, 6.07) is 2.19. The van der Waals surface area contributed by atoms with Crippen LogP contribution in [-0.2, 0) is 9.47 Å². The number of rotatable bonds is 7. The first-order valence-electron chi connectivity index (χ1n) is 6.33. The molecule has 0 saturated carbocycles. The zero-order valence-corrected chi connectivity index (χ0v) is 11.2. The SMILES string of the molecule is COCCN(CCC#N)CC1CCC(C)(C)O1. The highest BCUT2D eigenvalue weighted by molar-refractivity contribution is 4.83. The van der Waals surface area contributed by atoms with Gasteiger partial charge in [-0.2, -0.15) is 5.26 Å². The van der Waals surface area contributed by atoms with Crippen molar-refractivity contribution in [2.75, 3.05) is 33.4 Å². The average molecular weight is 240 g/mol. The van der Waals surface area contributed by atoms with E-state index in [9.17, 15) is 0 Å². The van der Waals surface area contributed by atoms with Gasteiger partial charge in [0.15, 0.2) is 0 Å². The van der Waals surface area contributed by atoms with Gasteiger partial charge in [0.25, 0.3) is 0 Å². The average Bonchev–Trinajstić information content (AvgIpc) is 2.62. The van der Waals surface area contributed by atoms with Crippen molar-refractivity contribution in [3.05, 3.63) is 0 Å². The largest absolute Gasteiger partial charge is 0.383 e. The van der Waals surface area contributed by atoms with Crippen molar-refractivity contribution < 1.29 is 9.47 Å². The van der Waals surface area contributed by atoms with Gasteiger partial charge in [0.05, 0.1) is 24.4 Å². The summed E-state index contributed by atoms with van der Waals surface area (Å²) < 4.78 is 11.1. The van der Waals surface area contributed by atoms with Gasteiger partial charge < -0.3 is 9.47 Å². The third-order valence-corrected chi connectivity index (χ3v) is 3.17. The zero-order valence-electron chi connectivity index (χ0n) is 11.2. The molecule has 0 amide bonds. The minimum atomic E-state index is 0.0207. The Bertz CT molecular complexity index is 261. The maximum Gasteiger partial charge on any atom is 0.0710 e. The fourth-order valence-electron chi connectivity index (χ4n) is 2.22. The monoisotopic (exact) mass is 240 g/mol. The summed E-state index contributed by atoms with van der Waals surface area (Å²) in [5.74, 6) is 0. The van der Waals surface area contributed by atoms with E-state index < -0.39 is 0 Å². The Balaban J connectivity index is 2.35. The Morgan fingerprint density at radius 2 is 2.24 bits per heavy atom. The van der Waals surface area contributed by atoms with Crippen molar-refractivity contribution in [1.29, 1.82) is 5.26 Å². The van der Waals surface area contributed by atoms with Crippen LogP contribution in [0, 0.1) is 11.3 Å². The van der Waals surface area contributed by atoms with Crippen LogP contribution >= 0.6 is 0 Å². The standard InChI is InChI=1S/C13H24N2O2/c1-13(2)6-5-12(17-13)11-15(8-4-7-14)9-10-16-3/h12H,4-6,8-11H2,1-3H3. The molecule has 0 spiro atoms. The topological polar surface area (TPSA) is 45.5 Å². The summed E-state index contributed by atoms with van der Waals surface area (Å²) in [4.78, 5) is 2.26. The normalized spacial score (nSPS) is 22.9.